The summed E-state index contributed by atoms with van der Waals surface area (Å²) in [5.41, 5.74) is 3.13. The predicted molar refractivity (Wildman–Crippen MR) is 122 cm³/mol. The fourth-order valence-electron chi connectivity index (χ4n) is 3.26. The fourth-order valence-corrected chi connectivity index (χ4v) is 3.26. The van der Waals surface area contributed by atoms with Crippen LogP contribution in [0.5, 0.6) is 0 Å². The largest absolute Gasteiger partial charge is 0.322 e. The Hall–Kier alpha value is -4.94. The molecule has 0 radical (unpaired) electrons. The molecule has 4 rings (SSSR count). The molecule has 4 aromatic rings. The van der Waals surface area contributed by atoms with Crippen molar-refractivity contribution in [2.24, 2.45) is 0 Å². The van der Waals surface area contributed by atoms with Gasteiger partial charge in [0.2, 0.25) is 0 Å². The molecule has 0 saturated heterocycles. The monoisotopic (exact) mass is 416 g/mol. The van der Waals surface area contributed by atoms with E-state index in [-0.39, 0.29) is 11.8 Å². The van der Waals surface area contributed by atoms with Crippen LogP contribution < -0.4 is 10.6 Å². The van der Waals surface area contributed by atoms with E-state index in [0.717, 1.165) is 10.8 Å². The van der Waals surface area contributed by atoms with Crippen LogP contribution in [0.1, 0.15) is 31.8 Å². The summed E-state index contributed by atoms with van der Waals surface area (Å²) in [5, 5.41) is 25.2. The zero-order chi connectivity index (χ0) is 22.5. The summed E-state index contributed by atoms with van der Waals surface area (Å²) in [6, 6.07) is 27.8. The molecular formula is C26H16N4O2. The lowest BCUT2D eigenvalue weighted by Gasteiger charge is -2.11. The molecule has 0 aliphatic heterocycles. The number of anilines is 2. The second-order valence-electron chi connectivity index (χ2n) is 7.03. The Morgan fingerprint density at radius 1 is 0.656 bits per heavy atom. The third-order valence-electron chi connectivity index (χ3n) is 4.94. The van der Waals surface area contributed by atoms with Crippen molar-refractivity contribution in [2.75, 3.05) is 10.6 Å². The van der Waals surface area contributed by atoms with Gasteiger partial charge in [0, 0.05) is 27.9 Å². The first-order chi connectivity index (χ1) is 15.6. The fraction of sp³-hybridized carbons (Fsp3) is 0. The number of carbonyl (C=O) groups is 2. The van der Waals surface area contributed by atoms with Crippen molar-refractivity contribution in [1.29, 1.82) is 10.5 Å². The van der Waals surface area contributed by atoms with Crippen LogP contribution in [0.15, 0.2) is 84.9 Å². The molecule has 0 bridgehead atoms. The Labute approximate surface area is 184 Å². The van der Waals surface area contributed by atoms with Gasteiger partial charge in [-0.2, -0.15) is 10.5 Å². The lowest BCUT2D eigenvalue weighted by Crippen LogP contribution is -2.12. The Morgan fingerprint density at radius 2 is 1.22 bits per heavy atom. The molecule has 0 spiro atoms. The molecule has 0 heterocycles. The van der Waals surface area contributed by atoms with Crippen molar-refractivity contribution in [2.45, 2.75) is 0 Å². The minimum Gasteiger partial charge on any atom is -0.322 e. The van der Waals surface area contributed by atoms with Crippen LogP contribution in [0.2, 0.25) is 0 Å². The van der Waals surface area contributed by atoms with Crippen LogP contribution in [0.3, 0.4) is 0 Å². The van der Waals surface area contributed by atoms with Crippen LogP contribution in [-0.4, -0.2) is 11.8 Å². The van der Waals surface area contributed by atoms with E-state index < -0.39 is 0 Å². The van der Waals surface area contributed by atoms with Crippen molar-refractivity contribution in [3.05, 3.63) is 107 Å². The van der Waals surface area contributed by atoms with Gasteiger partial charge in [0.15, 0.2) is 0 Å². The van der Waals surface area contributed by atoms with Gasteiger partial charge in [-0.15, -0.1) is 0 Å². The summed E-state index contributed by atoms with van der Waals surface area (Å²) < 4.78 is 0. The maximum Gasteiger partial charge on any atom is 0.255 e. The van der Waals surface area contributed by atoms with Gasteiger partial charge in [-0.3, -0.25) is 9.59 Å². The van der Waals surface area contributed by atoms with Gasteiger partial charge < -0.3 is 10.6 Å². The minimum absolute atomic E-state index is 0.278. The van der Waals surface area contributed by atoms with Crippen molar-refractivity contribution in [1.82, 2.24) is 0 Å². The average molecular weight is 416 g/mol. The van der Waals surface area contributed by atoms with Gasteiger partial charge in [-0.05, 0) is 72.1 Å². The maximum absolute atomic E-state index is 12.6. The number of benzene rings is 4. The molecule has 0 aromatic heterocycles. The SMILES string of the molecule is N#Cc1ccc(C(=O)Nc2ccc3c(NC(=O)c4ccc(C#N)cc4)cccc3c2)cc1. The number of carbonyl (C=O) groups excluding carboxylic acids is 2. The third kappa shape index (κ3) is 4.30. The lowest BCUT2D eigenvalue weighted by molar-refractivity contribution is 0.101. The predicted octanol–water partition coefficient (Wildman–Crippen LogP) is 5.09. The topological polar surface area (TPSA) is 106 Å². The van der Waals surface area contributed by atoms with Crippen LogP contribution in [0.25, 0.3) is 10.8 Å². The molecule has 0 unspecified atom stereocenters. The molecular weight excluding hydrogens is 400 g/mol. The number of hydrogen-bond acceptors (Lipinski definition) is 4. The summed E-state index contributed by atoms with van der Waals surface area (Å²) in [6.07, 6.45) is 0. The van der Waals surface area contributed by atoms with Gasteiger partial charge in [-0.25, -0.2) is 0 Å². The van der Waals surface area contributed by atoms with Gasteiger partial charge in [-0.1, -0.05) is 18.2 Å². The molecule has 6 heteroatoms. The van der Waals surface area contributed by atoms with Gasteiger partial charge in [0.1, 0.15) is 0 Å². The molecule has 4 aromatic carbocycles. The van der Waals surface area contributed by atoms with Crippen LogP contribution in [0.4, 0.5) is 11.4 Å². The number of nitriles is 2. The Kier molecular flexibility index (Phi) is 5.61. The summed E-state index contributed by atoms with van der Waals surface area (Å²) in [6.45, 7) is 0. The highest BCUT2D eigenvalue weighted by Gasteiger charge is 2.10. The smallest absolute Gasteiger partial charge is 0.255 e. The van der Waals surface area contributed by atoms with E-state index in [0.29, 0.717) is 33.6 Å². The van der Waals surface area contributed by atoms with Gasteiger partial charge >= 0.3 is 0 Å². The van der Waals surface area contributed by atoms with E-state index in [1.807, 2.05) is 36.4 Å². The number of fused-ring (bicyclic) bond motifs is 1. The highest BCUT2D eigenvalue weighted by atomic mass is 16.2. The third-order valence-corrected chi connectivity index (χ3v) is 4.94. The van der Waals surface area contributed by atoms with Gasteiger partial charge in [0.25, 0.3) is 11.8 Å². The molecule has 0 aliphatic rings. The molecule has 32 heavy (non-hydrogen) atoms. The van der Waals surface area contributed by atoms with Crippen LogP contribution in [-0.2, 0) is 0 Å². The number of rotatable bonds is 4. The number of nitrogens with zero attached hydrogens (tertiary/aromatic N) is 2. The van der Waals surface area contributed by atoms with Gasteiger partial charge in [0.05, 0.1) is 23.3 Å². The second kappa shape index (κ2) is 8.83. The molecule has 152 valence electrons. The number of hydrogen-bond donors (Lipinski definition) is 2. The quantitative estimate of drug-likeness (QED) is 0.483. The van der Waals surface area contributed by atoms with E-state index in [4.69, 9.17) is 10.5 Å². The maximum atomic E-state index is 12.6. The van der Waals surface area contributed by atoms with Crippen LogP contribution >= 0.6 is 0 Å². The molecule has 6 nitrogen and oxygen atoms in total. The molecule has 2 amide bonds. The standard InChI is InChI=1S/C26H16N4O2/c27-15-17-4-8-19(9-5-17)25(31)29-22-12-13-23-21(14-22)2-1-3-24(23)30-26(32)20-10-6-18(16-28)7-11-20/h1-14H,(H,29,31)(H,30,32). The van der Waals surface area contributed by atoms with Crippen molar-refractivity contribution >= 4 is 34.0 Å². The minimum atomic E-state index is -0.279. The second-order valence-corrected chi connectivity index (χ2v) is 7.03. The summed E-state index contributed by atoms with van der Waals surface area (Å²) >= 11 is 0. The molecule has 0 atom stereocenters. The van der Waals surface area contributed by atoms with Crippen LogP contribution in [0, 0.1) is 22.7 Å². The highest BCUT2D eigenvalue weighted by molar-refractivity contribution is 6.10. The first kappa shape index (κ1) is 20.3. The Balaban J connectivity index is 1.54. The summed E-state index contributed by atoms with van der Waals surface area (Å²) in [7, 11) is 0. The molecule has 2 N–H and O–H groups in total. The Bertz CT molecular complexity index is 1410. The first-order valence-corrected chi connectivity index (χ1v) is 9.73. The molecule has 0 fully saturated rings. The van der Waals surface area contributed by atoms with E-state index in [1.54, 1.807) is 60.7 Å². The van der Waals surface area contributed by atoms with E-state index >= 15 is 0 Å². The van der Waals surface area contributed by atoms with Crippen molar-refractivity contribution in [3.63, 3.8) is 0 Å². The van der Waals surface area contributed by atoms with Crippen molar-refractivity contribution in [3.8, 4) is 12.1 Å². The zero-order valence-electron chi connectivity index (χ0n) is 16.8. The normalized spacial score (nSPS) is 10.1. The zero-order valence-corrected chi connectivity index (χ0v) is 16.8. The first-order valence-electron chi connectivity index (χ1n) is 9.73. The lowest BCUT2D eigenvalue weighted by atomic mass is 10.1. The average Bonchev–Trinajstić information content (AvgIpc) is 2.84. The molecule has 0 aliphatic carbocycles. The van der Waals surface area contributed by atoms with E-state index in [2.05, 4.69) is 10.6 Å². The highest BCUT2D eigenvalue weighted by Crippen LogP contribution is 2.27. The van der Waals surface area contributed by atoms with Crippen molar-refractivity contribution < 1.29 is 9.59 Å². The van der Waals surface area contributed by atoms with E-state index in [9.17, 15) is 9.59 Å². The molecule has 0 saturated carbocycles. The summed E-state index contributed by atoms with van der Waals surface area (Å²) in [4.78, 5) is 25.1. The Morgan fingerprint density at radius 3 is 1.78 bits per heavy atom. The summed E-state index contributed by atoms with van der Waals surface area (Å²) in [5.74, 6) is -0.556. The number of nitrogens with one attached hydrogen (secondary N) is 2. The number of amides is 2. The van der Waals surface area contributed by atoms with E-state index in [1.165, 1.54) is 0 Å².